The zero-order chi connectivity index (χ0) is 18.6. The summed E-state index contributed by atoms with van der Waals surface area (Å²) < 4.78 is 41.0. The molecule has 1 aromatic heterocycles. The van der Waals surface area contributed by atoms with Crippen LogP contribution in [0, 0.1) is 0 Å². The zero-order valence-electron chi connectivity index (χ0n) is 13.4. The van der Waals surface area contributed by atoms with Crippen LogP contribution in [0.3, 0.4) is 0 Å². The van der Waals surface area contributed by atoms with Crippen LogP contribution in [0.5, 0.6) is 0 Å². The van der Waals surface area contributed by atoms with Crippen molar-refractivity contribution < 1.29 is 32.3 Å². The maximum Gasteiger partial charge on any atom is 0.405 e. The molecule has 138 valence electrons. The van der Waals surface area contributed by atoms with Crippen molar-refractivity contribution in [2.45, 2.75) is 38.8 Å². The summed E-state index contributed by atoms with van der Waals surface area (Å²) in [5.74, 6) is -2.23. The molecule has 0 radical (unpaired) electrons. The van der Waals surface area contributed by atoms with Gasteiger partial charge in [0.1, 0.15) is 11.5 Å². The van der Waals surface area contributed by atoms with Gasteiger partial charge < -0.3 is 15.4 Å². The highest BCUT2D eigenvalue weighted by atomic mass is 32.1. The molecule has 1 aromatic rings. The molecular formula is C15H17F3N2O4S. The van der Waals surface area contributed by atoms with Gasteiger partial charge in [-0.1, -0.05) is 0 Å². The van der Waals surface area contributed by atoms with Crippen molar-refractivity contribution in [1.82, 2.24) is 5.32 Å². The van der Waals surface area contributed by atoms with E-state index in [0.717, 1.165) is 29.7 Å². The Balaban J connectivity index is 2.06. The first-order valence-electron chi connectivity index (χ1n) is 7.60. The first-order valence-corrected chi connectivity index (χ1v) is 8.41. The molecule has 10 heteroatoms. The molecule has 1 heterocycles. The van der Waals surface area contributed by atoms with E-state index < -0.39 is 31.2 Å². The lowest BCUT2D eigenvalue weighted by molar-refractivity contribution is -0.140. The van der Waals surface area contributed by atoms with E-state index in [1.54, 1.807) is 5.32 Å². The molecule has 6 nitrogen and oxygen atoms in total. The van der Waals surface area contributed by atoms with Gasteiger partial charge in [0, 0.05) is 11.8 Å². The Labute approximate surface area is 145 Å². The summed E-state index contributed by atoms with van der Waals surface area (Å²) in [6.07, 6.45) is -1.25. The standard InChI is InChI=1S/C15H17F3N2O4S/c1-8(21)20-13-12(9-4-2-3-5-10(9)25-13)14(23)24-6-11(22)19-7-15(16,17)18/h2-7H2,1H3,(H,19,22)(H,20,21). The minimum absolute atomic E-state index is 0.193. The minimum atomic E-state index is -4.54. The minimum Gasteiger partial charge on any atom is -0.452 e. The third-order valence-corrected chi connectivity index (χ3v) is 4.69. The lowest BCUT2D eigenvalue weighted by Crippen LogP contribution is -2.36. The normalized spacial score (nSPS) is 13.8. The summed E-state index contributed by atoms with van der Waals surface area (Å²) in [5, 5.41) is 4.55. The van der Waals surface area contributed by atoms with Crippen LogP contribution >= 0.6 is 11.3 Å². The lowest BCUT2D eigenvalue weighted by Gasteiger charge is -2.13. The number of fused-ring (bicyclic) bond motifs is 1. The predicted octanol–water partition coefficient (Wildman–Crippen LogP) is 2.42. The van der Waals surface area contributed by atoms with Gasteiger partial charge in [0.15, 0.2) is 6.61 Å². The Morgan fingerprint density at radius 2 is 1.88 bits per heavy atom. The number of hydrogen-bond donors (Lipinski definition) is 2. The summed E-state index contributed by atoms with van der Waals surface area (Å²) in [6.45, 7) is -1.01. The predicted molar refractivity (Wildman–Crippen MR) is 84.6 cm³/mol. The fraction of sp³-hybridized carbons (Fsp3) is 0.533. The molecular weight excluding hydrogens is 361 g/mol. The topological polar surface area (TPSA) is 84.5 Å². The summed E-state index contributed by atoms with van der Waals surface area (Å²) >= 11 is 1.28. The van der Waals surface area contributed by atoms with Crippen molar-refractivity contribution in [2.24, 2.45) is 0 Å². The van der Waals surface area contributed by atoms with Crippen molar-refractivity contribution in [2.75, 3.05) is 18.5 Å². The van der Waals surface area contributed by atoms with Crippen LogP contribution in [-0.2, 0) is 27.2 Å². The highest BCUT2D eigenvalue weighted by Gasteiger charge is 2.29. The number of nitrogens with one attached hydrogen (secondary N) is 2. The summed E-state index contributed by atoms with van der Waals surface area (Å²) in [7, 11) is 0. The number of carbonyl (C=O) groups excluding carboxylic acids is 3. The van der Waals surface area contributed by atoms with Crippen molar-refractivity contribution in [3.63, 3.8) is 0 Å². The van der Waals surface area contributed by atoms with E-state index in [4.69, 9.17) is 4.74 Å². The van der Waals surface area contributed by atoms with E-state index in [1.807, 2.05) is 0 Å². The van der Waals surface area contributed by atoms with Crippen LogP contribution in [0.1, 0.15) is 40.6 Å². The number of carbonyl (C=O) groups is 3. The number of anilines is 1. The number of aryl methyl sites for hydroxylation is 1. The number of halogens is 3. The first-order chi connectivity index (χ1) is 11.7. The maximum atomic E-state index is 12.3. The molecule has 0 saturated carbocycles. The number of rotatable bonds is 5. The van der Waals surface area contributed by atoms with Crippen LogP contribution in [-0.4, -0.2) is 37.1 Å². The van der Waals surface area contributed by atoms with E-state index >= 15 is 0 Å². The van der Waals surface area contributed by atoms with Gasteiger partial charge in [-0.15, -0.1) is 11.3 Å². The van der Waals surface area contributed by atoms with Gasteiger partial charge in [0.25, 0.3) is 5.91 Å². The number of alkyl halides is 3. The van der Waals surface area contributed by atoms with Crippen LogP contribution in [0.4, 0.5) is 18.2 Å². The van der Waals surface area contributed by atoms with Crippen LogP contribution < -0.4 is 10.6 Å². The molecule has 0 aromatic carbocycles. The van der Waals surface area contributed by atoms with Gasteiger partial charge in [0.05, 0.1) is 5.56 Å². The fourth-order valence-corrected chi connectivity index (χ4v) is 3.81. The molecule has 2 rings (SSSR count). The lowest BCUT2D eigenvalue weighted by atomic mass is 9.95. The van der Waals surface area contributed by atoms with Crippen molar-refractivity contribution >= 4 is 34.1 Å². The SMILES string of the molecule is CC(=O)Nc1sc2c(c1C(=O)OCC(=O)NCC(F)(F)F)CCCC2. The number of thiophene rings is 1. The molecule has 0 spiro atoms. The number of ether oxygens (including phenoxy) is 1. The third kappa shape index (κ3) is 5.45. The molecule has 0 saturated heterocycles. The highest BCUT2D eigenvalue weighted by Crippen LogP contribution is 2.38. The Hall–Kier alpha value is -2.10. The van der Waals surface area contributed by atoms with E-state index in [0.29, 0.717) is 11.4 Å². The van der Waals surface area contributed by atoms with Crippen molar-refractivity contribution in [3.8, 4) is 0 Å². The van der Waals surface area contributed by atoms with E-state index in [2.05, 4.69) is 5.32 Å². The van der Waals surface area contributed by atoms with Gasteiger partial charge in [-0.3, -0.25) is 9.59 Å². The van der Waals surface area contributed by atoms with Crippen LogP contribution in [0.25, 0.3) is 0 Å². The first kappa shape index (κ1) is 19.2. The molecule has 1 aliphatic carbocycles. The second-order valence-electron chi connectivity index (χ2n) is 5.56. The highest BCUT2D eigenvalue weighted by molar-refractivity contribution is 7.17. The van der Waals surface area contributed by atoms with E-state index in [9.17, 15) is 27.6 Å². The molecule has 25 heavy (non-hydrogen) atoms. The molecule has 0 bridgehead atoms. The van der Waals surface area contributed by atoms with Crippen molar-refractivity contribution in [3.05, 3.63) is 16.0 Å². The van der Waals surface area contributed by atoms with Gasteiger partial charge in [-0.25, -0.2) is 4.79 Å². The monoisotopic (exact) mass is 378 g/mol. The Morgan fingerprint density at radius 3 is 2.52 bits per heavy atom. The molecule has 0 fully saturated rings. The number of hydrogen-bond acceptors (Lipinski definition) is 5. The average molecular weight is 378 g/mol. The molecule has 0 atom stereocenters. The van der Waals surface area contributed by atoms with E-state index in [1.165, 1.54) is 18.3 Å². The summed E-state index contributed by atoms with van der Waals surface area (Å²) in [5.41, 5.74) is 0.972. The van der Waals surface area contributed by atoms with Gasteiger partial charge in [0.2, 0.25) is 5.91 Å². The fourth-order valence-electron chi connectivity index (χ4n) is 2.48. The number of esters is 1. The van der Waals surface area contributed by atoms with Crippen molar-refractivity contribution in [1.29, 1.82) is 0 Å². The average Bonchev–Trinajstić information content (AvgIpc) is 2.86. The second-order valence-corrected chi connectivity index (χ2v) is 6.67. The maximum absolute atomic E-state index is 12.3. The van der Waals surface area contributed by atoms with Gasteiger partial charge in [-0.05, 0) is 31.2 Å². The number of amides is 2. The Kier molecular flexibility index (Phi) is 6.04. The van der Waals surface area contributed by atoms with Gasteiger partial charge >= 0.3 is 12.1 Å². The Morgan fingerprint density at radius 1 is 1.20 bits per heavy atom. The Bertz CT molecular complexity index is 685. The van der Waals surface area contributed by atoms with Gasteiger partial charge in [-0.2, -0.15) is 13.2 Å². The largest absolute Gasteiger partial charge is 0.452 e. The second kappa shape index (κ2) is 7.85. The molecule has 0 unspecified atom stereocenters. The molecule has 2 amide bonds. The molecule has 0 aliphatic heterocycles. The summed E-state index contributed by atoms with van der Waals surface area (Å²) in [6, 6.07) is 0. The van der Waals surface area contributed by atoms with Crippen LogP contribution in [0.15, 0.2) is 0 Å². The third-order valence-electron chi connectivity index (χ3n) is 3.49. The molecule has 1 aliphatic rings. The molecule has 2 N–H and O–H groups in total. The summed E-state index contributed by atoms with van der Waals surface area (Å²) in [4.78, 5) is 36.0. The quantitative estimate of drug-likeness (QED) is 0.771. The van der Waals surface area contributed by atoms with Crippen LogP contribution in [0.2, 0.25) is 0 Å². The van der Waals surface area contributed by atoms with E-state index in [-0.39, 0.29) is 11.5 Å². The smallest absolute Gasteiger partial charge is 0.405 e. The zero-order valence-corrected chi connectivity index (χ0v) is 14.2.